The molecule has 0 spiro atoms. The lowest BCUT2D eigenvalue weighted by molar-refractivity contribution is -0.137. The van der Waals surface area contributed by atoms with Crippen LogP contribution in [0.25, 0.3) is 0 Å². The molecular formula is C18H20N2O4. The number of hydrogen-bond acceptors (Lipinski definition) is 3. The topological polar surface area (TPSA) is 88.4 Å². The van der Waals surface area contributed by atoms with E-state index in [1.807, 2.05) is 30.3 Å². The third-order valence-corrected chi connectivity index (χ3v) is 3.71. The summed E-state index contributed by atoms with van der Waals surface area (Å²) in [4.78, 5) is 34.6. The Bertz CT molecular complexity index is 768. The van der Waals surface area contributed by atoms with Crippen molar-refractivity contribution < 1.29 is 14.7 Å². The van der Waals surface area contributed by atoms with Crippen LogP contribution in [0.1, 0.15) is 28.8 Å². The third kappa shape index (κ3) is 5.08. The van der Waals surface area contributed by atoms with Crippen molar-refractivity contribution in [1.29, 1.82) is 0 Å². The zero-order valence-corrected chi connectivity index (χ0v) is 13.4. The number of nitrogens with zero attached hydrogens (tertiary/aromatic N) is 1. The summed E-state index contributed by atoms with van der Waals surface area (Å²) in [7, 11) is 1.57. The molecule has 1 atom stereocenters. The van der Waals surface area contributed by atoms with Crippen LogP contribution in [0.3, 0.4) is 0 Å². The van der Waals surface area contributed by atoms with E-state index >= 15 is 0 Å². The first kappa shape index (κ1) is 17.5. The molecular weight excluding hydrogens is 308 g/mol. The highest BCUT2D eigenvalue weighted by Crippen LogP contribution is 2.09. The fourth-order valence-corrected chi connectivity index (χ4v) is 2.42. The van der Waals surface area contributed by atoms with E-state index in [2.05, 4.69) is 5.32 Å². The van der Waals surface area contributed by atoms with Crippen molar-refractivity contribution >= 4 is 11.9 Å². The van der Waals surface area contributed by atoms with E-state index in [-0.39, 0.29) is 23.9 Å². The van der Waals surface area contributed by atoms with Crippen LogP contribution in [0.2, 0.25) is 0 Å². The summed E-state index contributed by atoms with van der Waals surface area (Å²) >= 11 is 0. The largest absolute Gasteiger partial charge is 0.481 e. The van der Waals surface area contributed by atoms with Crippen LogP contribution < -0.4 is 10.9 Å². The second-order valence-corrected chi connectivity index (χ2v) is 5.66. The van der Waals surface area contributed by atoms with Gasteiger partial charge in [-0.05, 0) is 24.5 Å². The molecule has 1 aromatic heterocycles. The highest BCUT2D eigenvalue weighted by atomic mass is 16.4. The molecule has 0 radical (unpaired) electrons. The van der Waals surface area contributed by atoms with Gasteiger partial charge in [0.1, 0.15) is 0 Å². The van der Waals surface area contributed by atoms with Gasteiger partial charge in [0.25, 0.3) is 5.91 Å². The summed E-state index contributed by atoms with van der Waals surface area (Å²) < 4.78 is 1.33. The number of carboxylic acids is 1. The molecule has 6 nitrogen and oxygen atoms in total. The average molecular weight is 328 g/mol. The predicted octanol–water partition coefficient (Wildman–Crippen LogP) is 1.59. The van der Waals surface area contributed by atoms with Crippen LogP contribution in [-0.4, -0.2) is 27.6 Å². The molecule has 0 aliphatic rings. The van der Waals surface area contributed by atoms with Gasteiger partial charge in [0.2, 0.25) is 5.56 Å². The molecule has 1 unspecified atom stereocenters. The zero-order valence-electron chi connectivity index (χ0n) is 13.4. The van der Waals surface area contributed by atoms with E-state index in [1.165, 1.54) is 22.9 Å². The van der Waals surface area contributed by atoms with E-state index in [9.17, 15) is 14.4 Å². The average Bonchev–Trinajstić information content (AvgIpc) is 2.56. The van der Waals surface area contributed by atoms with Gasteiger partial charge < -0.3 is 15.0 Å². The molecule has 1 heterocycles. The van der Waals surface area contributed by atoms with Gasteiger partial charge in [-0.25, -0.2) is 0 Å². The van der Waals surface area contributed by atoms with E-state index in [0.29, 0.717) is 18.4 Å². The molecule has 1 aromatic carbocycles. The number of hydrogen-bond donors (Lipinski definition) is 2. The first-order valence-corrected chi connectivity index (χ1v) is 7.69. The number of carbonyl (C=O) groups is 2. The van der Waals surface area contributed by atoms with Gasteiger partial charge in [0.15, 0.2) is 0 Å². The number of pyridine rings is 1. The van der Waals surface area contributed by atoms with Crippen molar-refractivity contribution in [3.8, 4) is 0 Å². The normalized spacial score (nSPS) is 11.7. The molecule has 0 saturated heterocycles. The zero-order chi connectivity index (χ0) is 17.5. The van der Waals surface area contributed by atoms with Crippen molar-refractivity contribution in [3.05, 3.63) is 70.1 Å². The predicted molar refractivity (Wildman–Crippen MR) is 90.0 cm³/mol. The lowest BCUT2D eigenvalue weighted by Crippen LogP contribution is -2.37. The molecule has 24 heavy (non-hydrogen) atoms. The molecule has 0 fully saturated rings. The summed E-state index contributed by atoms with van der Waals surface area (Å²) in [6, 6.07) is 12.1. The number of aryl methyl sites for hydroxylation is 1. The van der Waals surface area contributed by atoms with E-state index in [0.717, 1.165) is 5.56 Å². The minimum atomic E-state index is -0.899. The Morgan fingerprint density at radius 2 is 1.88 bits per heavy atom. The Morgan fingerprint density at radius 3 is 2.50 bits per heavy atom. The monoisotopic (exact) mass is 328 g/mol. The van der Waals surface area contributed by atoms with Crippen LogP contribution in [0, 0.1) is 0 Å². The first-order chi connectivity index (χ1) is 11.5. The number of rotatable bonds is 7. The minimum absolute atomic E-state index is 0.0228. The fraction of sp³-hybridized carbons (Fsp3) is 0.278. The fourth-order valence-electron chi connectivity index (χ4n) is 2.42. The van der Waals surface area contributed by atoms with E-state index < -0.39 is 5.97 Å². The van der Waals surface area contributed by atoms with Gasteiger partial charge in [-0.3, -0.25) is 14.4 Å². The number of nitrogens with one attached hydrogen (secondary N) is 1. The van der Waals surface area contributed by atoms with Gasteiger partial charge >= 0.3 is 5.97 Å². The third-order valence-electron chi connectivity index (χ3n) is 3.71. The molecule has 0 saturated carbocycles. The highest BCUT2D eigenvalue weighted by Gasteiger charge is 2.16. The molecule has 2 rings (SSSR count). The number of aromatic nitrogens is 1. The SMILES string of the molecule is Cn1cc(C(=O)NC(CCC(=O)O)Cc2ccccc2)ccc1=O. The summed E-state index contributed by atoms with van der Waals surface area (Å²) in [5, 5.41) is 11.8. The van der Waals surface area contributed by atoms with Crippen LogP contribution in [0.4, 0.5) is 0 Å². The molecule has 2 N–H and O–H groups in total. The van der Waals surface area contributed by atoms with Crippen molar-refractivity contribution in [2.75, 3.05) is 0 Å². The lowest BCUT2D eigenvalue weighted by Gasteiger charge is -2.18. The Kier molecular flexibility index (Phi) is 5.89. The van der Waals surface area contributed by atoms with Crippen molar-refractivity contribution in [3.63, 3.8) is 0 Å². The van der Waals surface area contributed by atoms with E-state index in [1.54, 1.807) is 7.05 Å². The standard InChI is InChI=1S/C18H20N2O4/c1-20-12-14(7-9-16(20)21)18(24)19-15(8-10-17(22)23)11-13-5-3-2-4-6-13/h2-7,9,12,15H,8,10-11H2,1H3,(H,19,24)(H,22,23). The Hall–Kier alpha value is -2.89. The minimum Gasteiger partial charge on any atom is -0.481 e. The molecule has 1 amide bonds. The maximum absolute atomic E-state index is 12.4. The van der Waals surface area contributed by atoms with Gasteiger partial charge in [-0.2, -0.15) is 0 Å². The number of carboxylic acid groups (broad SMARTS) is 1. The van der Waals surface area contributed by atoms with Gasteiger partial charge in [0, 0.05) is 31.8 Å². The molecule has 6 heteroatoms. The number of aliphatic carboxylic acids is 1. The molecule has 0 aliphatic heterocycles. The van der Waals surface area contributed by atoms with Crippen LogP contribution >= 0.6 is 0 Å². The summed E-state index contributed by atoms with van der Waals surface area (Å²) in [5.74, 6) is -1.22. The molecule has 0 bridgehead atoms. The Balaban J connectivity index is 2.10. The van der Waals surface area contributed by atoms with Crippen molar-refractivity contribution in [2.45, 2.75) is 25.3 Å². The molecule has 0 aliphatic carbocycles. The second-order valence-electron chi connectivity index (χ2n) is 5.66. The second kappa shape index (κ2) is 8.10. The van der Waals surface area contributed by atoms with E-state index in [4.69, 9.17) is 5.11 Å². The van der Waals surface area contributed by atoms with Crippen LogP contribution in [0.5, 0.6) is 0 Å². The number of amides is 1. The van der Waals surface area contributed by atoms with Gasteiger partial charge in [-0.15, -0.1) is 0 Å². The maximum Gasteiger partial charge on any atom is 0.303 e. The molecule has 126 valence electrons. The Morgan fingerprint density at radius 1 is 1.17 bits per heavy atom. The van der Waals surface area contributed by atoms with Gasteiger partial charge in [-0.1, -0.05) is 30.3 Å². The van der Waals surface area contributed by atoms with Crippen LogP contribution in [0.15, 0.2) is 53.5 Å². The van der Waals surface area contributed by atoms with Crippen molar-refractivity contribution in [2.24, 2.45) is 7.05 Å². The lowest BCUT2D eigenvalue weighted by atomic mass is 10.0. The quantitative estimate of drug-likeness (QED) is 0.808. The highest BCUT2D eigenvalue weighted by molar-refractivity contribution is 5.94. The van der Waals surface area contributed by atoms with Crippen LogP contribution in [-0.2, 0) is 18.3 Å². The first-order valence-electron chi connectivity index (χ1n) is 7.69. The smallest absolute Gasteiger partial charge is 0.303 e. The van der Waals surface area contributed by atoms with Gasteiger partial charge in [0.05, 0.1) is 5.56 Å². The Labute approximate surface area is 139 Å². The summed E-state index contributed by atoms with van der Waals surface area (Å²) in [6.07, 6.45) is 2.33. The van der Waals surface area contributed by atoms with Crippen molar-refractivity contribution in [1.82, 2.24) is 9.88 Å². The number of carbonyl (C=O) groups excluding carboxylic acids is 1. The number of benzene rings is 1. The molecule has 2 aromatic rings. The summed E-state index contributed by atoms with van der Waals surface area (Å²) in [5.41, 5.74) is 1.19. The summed E-state index contributed by atoms with van der Waals surface area (Å²) in [6.45, 7) is 0. The maximum atomic E-state index is 12.4.